The van der Waals surface area contributed by atoms with Crippen LogP contribution in [0.15, 0.2) is 22.8 Å². The first-order valence-electron chi connectivity index (χ1n) is 4.70. The maximum absolute atomic E-state index is 4.39. The second-order valence-corrected chi connectivity index (χ2v) is 4.74. The van der Waals surface area contributed by atoms with Gasteiger partial charge in [-0.2, -0.15) is 5.10 Å². The molecule has 2 nitrogen and oxygen atoms in total. The van der Waals surface area contributed by atoms with Crippen LogP contribution < -0.4 is 0 Å². The molecule has 0 spiro atoms. The van der Waals surface area contributed by atoms with E-state index in [1.807, 2.05) is 17.9 Å². The van der Waals surface area contributed by atoms with Crippen LogP contribution in [0.4, 0.5) is 0 Å². The summed E-state index contributed by atoms with van der Waals surface area (Å²) in [6.07, 6.45) is 2.03. The zero-order valence-electron chi connectivity index (χ0n) is 8.58. The van der Waals surface area contributed by atoms with Crippen LogP contribution >= 0.6 is 15.9 Å². The number of benzene rings is 1. The molecule has 0 N–H and O–H groups in total. The molecule has 0 unspecified atom stereocenters. The number of hydrogen-bond acceptors (Lipinski definition) is 1. The second-order valence-electron chi connectivity index (χ2n) is 3.89. The molecule has 2 aromatic rings. The number of fused-ring (bicyclic) bond motifs is 1. The smallest absolute Gasteiger partial charge is 0.0926 e. The van der Waals surface area contributed by atoms with Gasteiger partial charge in [0.25, 0.3) is 0 Å². The van der Waals surface area contributed by atoms with Crippen molar-refractivity contribution in [3.05, 3.63) is 28.4 Å². The molecular weight excluding hydrogens is 240 g/mol. The van der Waals surface area contributed by atoms with E-state index in [-0.39, 0.29) is 0 Å². The number of nitrogens with zero attached hydrogens (tertiary/aromatic N) is 2. The normalized spacial score (nSPS) is 11.5. The van der Waals surface area contributed by atoms with E-state index in [1.165, 1.54) is 15.4 Å². The lowest BCUT2D eigenvalue weighted by molar-refractivity contribution is 0.779. The third-order valence-electron chi connectivity index (χ3n) is 2.36. The van der Waals surface area contributed by atoms with Gasteiger partial charge in [-0.25, -0.2) is 0 Å². The first-order chi connectivity index (χ1) is 6.58. The number of hydrogen-bond donors (Lipinski definition) is 0. The highest BCUT2D eigenvalue weighted by Crippen LogP contribution is 2.28. The molecule has 1 aromatic carbocycles. The monoisotopic (exact) mass is 252 g/mol. The van der Waals surface area contributed by atoms with Gasteiger partial charge in [-0.3, -0.25) is 4.68 Å². The Labute approximate surface area is 92.0 Å². The first-order valence-corrected chi connectivity index (χ1v) is 5.50. The lowest BCUT2D eigenvalue weighted by atomic mass is 10.0. The van der Waals surface area contributed by atoms with Gasteiger partial charge in [-0.05, 0) is 23.6 Å². The van der Waals surface area contributed by atoms with E-state index >= 15 is 0 Å². The van der Waals surface area contributed by atoms with Gasteiger partial charge in [0.05, 0.1) is 5.52 Å². The Hall–Kier alpha value is -0.830. The van der Waals surface area contributed by atoms with Gasteiger partial charge in [0.15, 0.2) is 0 Å². The minimum Gasteiger partial charge on any atom is -0.275 e. The van der Waals surface area contributed by atoms with Crippen molar-refractivity contribution in [1.29, 1.82) is 0 Å². The minimum absolute atomic E-state index is 0.524. The molecule has 0 radical (unpaired) electrons. The first kappa shape index (κ1) is 9.71. The maximum atomic E-state index is 4.39. The van der Waals surface area contributed by atoms with Gasteiger partial charge in [0.1, 0.15) is 0 Å². The van der Waals surface area contributed by atoms with Crippen molar-refractivity contribution in [3.8, 4) is 0 Å². The Balaban J connectivity index is 2.70. The fourth-order valence-corrected chi connectivity index (χ4v) is 2.44. The van der Waals surface area contributed by atoms with Crippen LogP contribution in [0.25, 0.3) is 10.9 Å². The molecule has 74 valence electrons. The van der Waals surface area contributed by atoms with Crippen molar-refractivity contribution in [2.24, 2.45) is 7.05 Å². The predicted molar refractivity (Wildman–Crippen MR) is 62.5 cm³/mol. The molecule has 3 heteroatoms. The van der Waals surface area contributed by atoms with Crippen molar-refractivity contribution in [1.82, 2.24) is 9.78 Å². The molecule has 1 aromatic heterocycles. The molecule has 0 saturated heterocycles. The molecule has 0 atom stereocenters. The molecule has 0 fully saturated rings. The molecule has 0 aliphatic carbocycles. The van der Waals surface area contributed by atoms with Crippen LogP contribution in [-0.4, -0.2) is 9.78 Å². The Kier molecular flexibility index (Phi) is 2.35. The number of aryl methyl sites for hydroxylation is 1. The van der Waals surface area contributed by atoms with Crippen molar-refractivity contribution in [3.63, 3.8) is 0 Å². The Morgan fingerprint density at radius 3 is 2.71 bits per heavy atom. The standard InChI is InChI=1S/C11H13BrN2/c1-7(2)9-5-11-8(4-10(9)12)6-14(3)13-11/h4-7H,1-3H3. The lowest BCUT2D eigenvalue weighted by Gasteiger charge is -2.07. The highest BCUT2D eigenvalue weighted by atomic mass is 79.9. The SMILES string of the molecule is CC(C)c1cc2nn(C)cc2cc1Br. The Morgan fingerprint density at radius 2 is 2.07 bits per heavy atom. The minimum atomic E-state index is 0.524. The molecule has 14 heavy (non-hydrogen) atoms. The highest BCUT2D eigenvalue weighted by molar-refractivity contribution is 9.10. The zero-order chi connectivity index (χ0) is 10.3. The van der Waals surface area contributed by atoms with Gasteiger partial charge >= 0.3 is 0 Å². The number of rotatable bonds is 1. The summed E-state index contributed by atoms with van der Waals surface area (Å²) in [5, 5.41) is 5.58. The van der Waals surface area contributed by atoms with Crippen LogP contribution in [0, 0.1) is 0 Å². The average molecular weight is 253 g/mol. The molecule has 0 saturated carbocycles. The summed E-state index contributed by atoms with van der Waals surface area (Å²) in [5.74, 6) is 0.524. The summed E-state index contributed by atoms with van der Waals surface area (Å²) in [7, 11) is 1.95. The molecule has 1 heterocycles. The molecule has 0 amide bonds. The van der Waals surface area contributed by atoms with Crippen molar-refractivity contribution in [2.45, 2.75) is 19.8 Å². The lowest BCUT2D eigenvalue weighted by Crippen LogP contribution is -1.89. The van der Waals surface area contributed by atoms with Gasteiger partial charge in [0, 0.05) is 23.1 Å². The second kappa shape index (κ2) is 3.39. The van der Waals surface area contributed by atoms with E-state index in [0.717, 1.165) is 5.52 Å². The quantitative estimate of drug-likeness (QED) is 0.761. The molecule has 0 aliphatic heterocycles. The van der Waals surface area contributed by atoms with Gasteiger partial charge in [-0.1, -0.05) is 29.8 Å². The van der Waals surface area contributed by atoms with Crippen molar-refractivity contribution < 1.29 is 0 Å². The van der Waals surface area contributed by atoms with E-state index in [4.69, 9.17) is 0 Å². The molecule has 0 aliphatic rings. The summed E-state index contributed by atoms with van der Waals surface area (Å²) < 4.78 is 3.02. The molecule has 0 bridgehead atoms. The fraction of sp³-hybridized carbons (Fsp3) is 0.364. The number of aromatic nitrogens is 2. The highest BCUT2D eigenvalue weighted by Gasteiger charge is 2.08. The van der Waals surface area contributed by atoms with E-state index in [2.05, 4.69) is 47.0 Å². The van der Waals surface area contributed by atoms with Gasteiger partial charge in [0.2, 0.25) is 0 Å². The molecular formula is C11H13BrN2. The third-order valence-corrected chi connectivity index (χ3v) is 3.05. The summed E-state index contributed by atoms with van der Waals surface area (Å²) in [4.78, 5) is 0. The summed E-state index contributed by atoms with van der Waals surface area (Å²) in [5.41, 5.74) is 2.38. The van der Waals surface area contributed by atoms with E-state index in [1.54, 1.807) is 0 Å². The summed E-state index contributed by atoms with van der Waals surface area (Å²) >= 11 is 3.59. The maximum Gasteiger partial charge on any atom is 0.0926 e. The van der Waals surface area contributed by atoms with Crippen LogP contribution in [0.2, 0.25) is 0 Å². The van der Waals surface area contributed by atoms with Crippen molar-refractivity contribution >= 4 is 26.8 Å². The largest absolute Gasteiger partial charge is 0.275 e. The third kappa shape index (κ3) is 1.57. The van der Waals surface area contributed by atoms with E-state index in [9.17, 15) is 0 Å². The summed E-state index contributed by atoms with van der Waals surface area (Å²) in [6, 6.07) is 4.29. The van der Waals surface area contributed by atoms with Crippen LogP contribution in [0.1, 0.15) is 25.3 Å². The van der Waals surface area contributed by atoms with Crippen molar-refractivity contribution in [2.75, 3.05) is 0 Å². The Bertz CT molecular complexity index is 471. The summed E-state index contributed by atoms with van der Waals surface area (Å²) in [6.45, 7) is 4.38. The van der Waals surface area contributed by atoms with Crippen LogP contribution in [-0.2, 0) is 7.05 Å². The van der Waals surface area contributed by atoms with Gasteiger partial charge in [-0.15, -0.1) is 0 Å². The predicted octanol–water partition coefficient (Wildman–Crippen LogP) is 3.46. The zero-order valence-corrected chi connectivity index (χ0v) is 10.2. The Morgan fingerprint density at radius 1 is 1.36 bits per heavy atom. The van der Waals surface area contributed by atoms with E-state index < -0.39 is 0 Å². The fourth-order valence-electron chi connectivity index (χ4n) is 1.63. The molecule has 2 rings (SSSR count). The topological polar surface area (TPSA) is 17.8 Å². The van der Waals surface area contributed by atoms with Gasteiger partial charge < -0.3 is 0 Å². The van der Waals surface area contributed by atoms with Crippen LogP contribution in [0.3, 0.4) is 0 Å². The van der Waals surface area contributed by atoms with Crippen LogP contribution in [0.5, 0.6) is 0 Å². The van der Waals surface area contributed by atoms with E-state index in [0.29, 0.717) is 5.92 Å². The average Bonchev–Trinajstić information content (AvgIpc) is 2.42. The number of halogens is 1.